The Bertz CT molecular complexity index is 461. The molecule has 0 fully saturated rings. The van der Waals surface area contributed by atoms with Gasteiger partial charge in [0.05, 0.1) is 11.8 Å². The van der Waals surface area contributed by atoms with Crippen LogP contribution in [0.5, 0.6) is 5.75 Å². The van der Waals surface area contributed by atoms with Crippen molar-refractivity contribution in [1.29, 1.82) is 0 Å². The molecule has 0 aliphatic carbocycles. The minimum atomic E-state index is -0.318. The van der Waals surface area contributed by atoms with Gasteiger partial charge in [0.15, 0.2) is 0 Å². The van der Waals surface area contributed by atoms with Gasteiger partial charge in [-0.25, -0.2) is 4.39 Å². The van der Waals surface area contributed by atoms with Gasteiger partial charge in [-0.05, 0) is 36.2 Å². The standard InChI is InChI=1S/C12H11FO2/c1-2-8-6-11(14)9(7-10(8)13)12-4-3-5-15-12/h3-7,14H,2H2,1H3. The lowest BCUT2D eigenvalue weighted by atomic mass is 10.1. The zero-order valence-electron chi connectivity index (χ0n) is 8.33. The Morgan fingerprint density at radius 1 is 1.40 bits per heavy atom. The summed E-state index contributed by atoms with van der Waals surface area (Å²) in [4.78, 5) is 0. The van der Waals surface area contributed by atoms with E-state index in [9.17, 15) is 9.50 Å². The number of aryl methyl sites for hydroxylation is 1. The maximum Gasteiger partial charge on any atom is 0.137 e. The van der Waals surface area contributed by atoms with Crippen LogP contribution in [0.15, 0.2) is 34.9 Å². The first-order chi connectivity index (χ1) is 7.22. The molecule has 78 valence electrons. The predicted molar refractivity (Wildman–Crippen MR) is 55.1 cm³/mol. The number of furan rings is 1. The van der Waals surface area contributed by atoms with Crippen molar-refractivity contribution in [1.82, 2.24) is 0 Å². The van der Waals surface area contributed by atoms with Crippen LogP contribution in [0.2, 0.25) is 0 Å². The molecule has 0 atom stereocenters. The van der Waals surface area contributed by atoms with Crippen LogP contribution in [-0.2, 0) is 6.42 Å². The smallest absolute Gasteiger partial charge is 0.137 e. The molecule has 0 spiro atoms. The largest absolute Gasteiger partial charge is 0.507 e. The highest BCUT2D eigenvalue weighted by Crippen LogP contribution is 2.31. The summed E-state index contributed by atoms with van der Waals surface area (Å²) >= 11 is 0. The Kier molecular flexibility index (Phi) is 2.46. The summed E-state index contributed by atoms with van der Waals surface area (Å²) in [6.07, 6.45) is 2.04. The lowest BCUT2D eigenvalue weighted by molar-refractivity contribution is 0.470. The molecule has 2 nitrogen and oxygen atoms in total. The van der Waals surface area contributed by atoms with E-state index in [-0.39, 0.29) is 11.6 Å². The van der Waals surface area contributed by atoms with E-state index in [1.54, 1.807) is 12.1 Å². The number of halogens is 1. The Hall–Kier alpha value is -1.77. The van der Waals surface area contributed by atoms with Crippen molar-refractivity contribution in [2.24, 2.45) is 0 Å². The minimum absolute atomic E-state index is 0.0446. The molecular weight excluding hydrogens is 195 g/mol. The molecule has 0 unspecified atom stereocenters. The topological polar surface area (TPSA) is 33.4 Å². The molecule has 0 saturated carbocycles. The van der Waals surface area contributed by atoms with Crippen molar-refractivity contribution in [3.8, 4) is 17.1 Å². The molecule has 3 heteroatoms. The predicted octanol–water partition coefficient (Wildman–Crippen LogP) is 3.35. The van der Waals surface area contributed by atoms with Crippen LogP contribution in [-0.4, -0.2) is 5.11 Å². The van der Waals surface area contributed by atoms with E-state index >= 15 is 0 Å². The van der Waals surface area contributed by atoms with Crippen LogP contribution in [0.25, 0.3) is 11.3 Å². The number of phenolic OH excluding ortho intramolecular Hbond substituents is 1. The lowest BCUT2D eigenvalue weighted by Gasteiger charge is -2.05. The summed E-state index contributed by atoms with van der Waals surface area (Å²) < 4.78 is 18.6. The van der Waals surface area contributed by atoms with Crippen LogP contribution in [0, 0.1) is 5.82 Å². The second-order valence-electron chi connectivity index (χ2n) is 3.29. The first-order valence-corrected chi connectivity index (χ1v) is 4.77. The third kappa shape index (κ3) is 1.73. The lowest BCUT2D eigenvalue weighted by Crippen LogP contribution is -1.89. The van der Waals surface area contributed by atoms with E-state index < -0.39 is 0 Å². The highest BCUT2D eigenvalue weighted by atomic mass is 19.1. The summed E-state index contributed by atoms with van der Waals surface area (Å²) in [6.45, 7) is 1.84. The summed E-state index contributed by atoms with van der Waals surface area (Å²) in [7, 11) is 0. The third-order valence-corrected chi connectivity index (χ3v) is 2.33. The quantitative estimate of drug-likeness (QED) is 0.817. The van der Waals surface area contributed by atoms with E-state index in [4.69, 9.17) is 4.42 Å². The van der Waals surface area contributed by atoms with E-state index in [2.05, 4.69) is 0 Å². The molecule has 1 aromatic heterocycles. The molecule has 0 aliphatic rings. The van der Waals surface area contributed by atoms with Gasteiger partial charge in [0.25, 0.3) is 0 Å². The highest BCUT2D eigenvalue weighted by molar-refractivity contribution is 5.66. The SMILES string of the molecule is CCc1cc(O)c(-c2ccco2)cc1F. The molecule has 15 heavy (non-hydrogen) atoms. The van der Waals surface area contributed by atoms with Crippen LogP contribution < -0.4 is 0 Å². The maximum atomic E-state index is 13.5. The van der Waals surface area contributed by atoms with Crippen molar-refractivity contribution in [3.05, 3.63) is 41.9 Å². The molecule has 1 heterocycles. The van der Waals surface area contributed by atoms with Gasteiger partial charge >= 0.3 is 0 Å². The van der Waals surface area contributed by atoms with Gasteiger partial charge in [-0.15, -0.1) is 0 Å². The number of rotatable bonds is 2. The fraction of sp³-hybridized carbons (Fsp3) is 0.167. The number of hydrogen-bond donors (Lipinski definition) is 1. The summed E-state index contributed by atoms with van der Waals surface area (Å²) in [5.41, 5.74) is 0.887. The van der Waals surface area contributed by atoms with Crippen LogP contribution in [0.1, 0.15) is 12.5 Å². The zero-order valence-corrected chi connectivity index (χ0v) is 8.33. The zero-order chi connectivity index (χ0) is 10.8. The third-order valence-electron chi connectivity index (χ3n) is 2.33. The van der Waals surface area contributed by atoms with Crippen molar-refractivity contribution < 1.29 is 13.9 Å². The molecule has 0 bridgehead atoms. The van der Waals surface area contributed by atoms with Crippen molar-refractivity contribution in [2.75, 3.05) is 0 Å². The van der Waals surface area contributed by atoms with Crippen molar-refractivity contribution in [3.63, 3.8) is 0 Å². The van der Waals surface area contributed by atoms with E-state index in [1.807, 2.05) is 6.92 Å². The van der Waals surface area contributed by atoms with Crippen LogP contribution in [0.4, 0.5) is 4.39 Å². The Labute approximate surface area is 87.0 Å². The summed E-state index contributed by atoms with van der Waals surface area (Å²) in [5.74, 6) is 0.193. The first kappa shape index (κ1) is 9.77. The van der Waals surface area contributed by atoms with E-state index in [0.717, 1.165) is 0 Å². The maximum absolute atomic E-state index is 13.5. The first-order valence-electron chi connectivity index (χ1n) is 4.77. The molecule has 0 amide bonds. The highest BCUT2D eigenvalue weighted by Gasteiger charge is 2.11. The van der Waals surface area contributed by atoms with Crippen molar-refractivity contribution in [2.45, 2.75) is 13.3 Å². The summed E-state index contributed by atoms with van der Waals surface area (Å²) in [6, 6.07) is 6.11. The van der Waals surface area contributed by atoms with Crippen LogP contribution >= 0.6 is 0 Å². The molecule has 2 aromatic rings. The van der Waals surface area contributed by atoms with E-state index in [1.165, 1.54) is 18.4 Å². The van der Waals surface area contributed by atoms with E-state index in [0.29, 0.717) is 23.3 Å². The van der Waals surface area contributed by atoms with Gasteiger partial charge in [0, 0.05) is 0 Å². The molecule has 0 radical (unpaired) electrons. The van der Waals surface area contributed by atoms with Crippen LogP contribution in [0.3, 0.4) is 0 Å². The number of hydrogen-bond acceptors (Lipinski definition) is 2. The van der Waals surface area contributed by atoms with Gasteiger partial charge in [-0.3, -0.25) is 0 Å². The second-order valence-corrected chi connectivity index (χ2v) is 3.29. The average Bonchev–Trinajstić information content (AvgIpc) is 2.74. The summed E-state index contributed by atoms with van der Waals surface area (Å²) in [5, 5.41) is 9.69. The monoisotopic (exact) mass is 206 g/mol. The fourth-order valence-corrected chi connectivity index (χ4v) is 1.51. The molecule has 0 aliphatic heterocycles. The molecule has 2 rings (SSSR count). The molecule has 1 aromatic carbocycles. The van der Waals surface area contributed by atoms with Gasteiger partial charge in [-0.1, -0.05) is 6.92 Å². The van der Waals surface area contributed by atoms with Gasteiger partial charge in [-0.2, -0.15) is 0 Å². The Morgan fingerprint density at radius 2 is 2.20 bits per heavy atom. The molecule has 1 N–H and O–H groups in total. The number of aromatic hydroxyl groups is 1. The minimum Gasteiger partial charge on any atom is -0.507 e. The Balaban J connectivity index is 2.55. The Morgan fingerprint density at radius 3 is 2.80 bits per heavy atom. The second kappa shape index (κ2) is 3.77. The van der Waals surface area contributed by atoms with Gasteiger partial charge < -0.3 is 9.52 Å². The average molecular weight is 206 g/mol. The van der Waals surface area contributed by atoms with Gasteiger partial charge in [0.2, 0.25) is 0 Å². The number of phenols is 1. The normalized spacial score (nSPS) is 10.5. The van der Waals surface area contributed by atoms with Crippen molar-refractivity contribution >= 4 is 0 Å². The molecule has 0 saturated heterocycles. The van der Waals surface area contributed by atoms with Gasteiger partial charge in [0.1, 0.15) is 17.3 Å². The number of benzene rings is 1. The molecular formula is C12H11FO2. The fourth-order valence-electron chi connectivity index (χ4n) is 1.51.